The normalized spacial score (nSPS) is 15.2. The lowest BCUT2D eigenvalue weighted by molar-refractivity contribution is -0.133. The topological polar surface area (TPSA) is 52.7 Å². The predicted octanol–water partition coefficient (Wildman–Crippen LogP) is 3.68. The van der Waals surface area contributed by atoms with Crippen molar-refractivity contribution in [2.24, 2.45) is 0 Å². The number of hydrogen-bond donors (Lipinski definition) is 1. The number of rotatable bonds is 8. The van der Waals surface area contributed by atoms with E-state index in [2.05, 4.69) is 42.8 Å². The third-order valence-electron chi connectivity index (χ3n) is 6.37. The number of para-hydroxylation sites is 1. The molecule has 2 aromatic rings. The lowest BCUT2D eigenvalue weighted by Gasteiger charge is -2.41. The molecular formula is C26H33N3O2. The van der Waals surface area contributed by atoms with Crippen molar-refractivity contribution in [3.8, 4) is 0 Å². The molecule has 0 aromatic heterocycles. The molecule has 0 spiro atoms. The van der Waals surface area contributed by atoms with Crippen LogP contribution >= 0.6 is 0 Å². The minimum absolute atomic E-state index is 0.0465. The minimum Gasteiger partial charge on any atom is -0.370 e. The summed E-state index contributed by atoms with van der Waals surface area (Å²) in [7, 11) is 0. The van der Waals surface area contributed by atoms with E-state index in [4.69, 9.17) is 0 Å². The zero-order valence-corrected chi connectivity index (χ0v) is 18.6. The molecular weight excluding hydrogens is 386 g/mol. The van der Waals surface area contributed by atoms with Gasteiger partial charge in [0.15, 0.2) is 0 Å². The number of aryl methyl sites for hydroxylation is 1. The van der Waals surface area contributed by atoms with E-state index < -0.39 is 5.41 Å². The SMILES string of the molecule is C=CC(=O)N1CCC(C(=O)NCCN(CC)c2ccccc2C)(c2ccccc2)CC1. The monoisotopic (exact) mass is 419 g/mol. The van der Waals surface area contributed by atoms with Crippen molar-refractivity contribution in [2.45, 2.75) is 32.1 Å². The van der Waals surface area contributed by atoms with Crippen LogP contribution < -0.4 is 10.2 Å². The Morgan fingerprint density at radius 1 is 1.10 bits per heavy atom. The van der Waals surface area contributed by atoms with Gasteiger partial charge in [0.25, 0.3) is 0 Å². The van der Waals surface area contributed by atoms with Gasteiger partial charge in [0, 0.05) is 38.4 Å². The van der Waals surface area contributed by atoms with Crippen molar-refractivity contribution in [1.29, 1.82) is 0 Å². The van der Waals surface area contributed by atoms with Crippen LogP contribution in [0.15, 0.2) is 67.3 Å². The Morgan fingerprint density at radius 3 is 2.35 bits per heavy atom. The molecule has 1 aliphatic rings. The second-order valence-corrected chi connectivity index (χ2v) is 8.10. The first-order valence-electron chi connectivity index (χ1n) is 11.1. The summed E-state index contributed by atoms with van der Waals surface area (Å²) in [6.45, 7) is 11.1. The fraction of sp³-hybridized carbons (Fsp3) is 0.385. The highest BCUT2D eigenvalue weighted by Crippen LogP contribution is 2.36. The van der Waals surface area contributed by atoms with Crippen LogP contribution in [-0.2, 0) is 15.0 Å². The summed E-state index contributed by atoms with van der Waals surface area (Å²) in [6, 6.07) is 18.3. The summed E-state index contributed by atoms with van der Waals surface area (Å²) >= 11 is 0. The molecule has 1 fully saturated rings. The van der Waals surface area contributed by atoms with Crippen LogP contribution in [0.1, 0.15) is 30.9 Å². The Labute approximate surface area is 185 Å². The number of likely N-dealkylation sites (tertiary alicyclic amines) is 1. The Morgan fingerprint density at radius 2 is 1.74 bits per heavy atom. The lowest BCUT2D eigenvalue weighted by atomic mass is 9.72. The van der Waals surface area contributed by atoms with Gasteiger partial charge in [-0.2, -0.15) is 0 Å². The van der Waals surface area contributed by atoms with Crippen LogP contribution in [0, 0.1) is 6.92 Å². The van der Waals surface area contributed by atoms with Gasteiger partial charge < -0.3 is 15.1 Å². The van der Waals surface area contributed by atoms with Crippen LogP contribution in [0.25, 0.3) is 0 Å². The van der Waals surface area contributed by atoms with Crippen LogP contribution in [0.3, 0.4) is 0 Å². The first-order valence-corrected chi connectivity index (χ1v) is 11.1. The first-order chi connectivity index (χ1) is 15.0. The van der Waals surface area contributed by atoms with Crippen molar-refractivity contribution < 1.29 is 9.59 Å². The molecule has 0 saturated carbocycles. The second-order valence-electron chi connectivity index (χ2n) is 8.10. The van der Waals surface area contributed by atoms with E-state index in [-0.39, 0.29) is 11.8 Å². The van der Waals surface area contributed by atoms with E-state index in [0.717, 1.165) is 18.7 Å². The number of nitrogens with one attached hydrogen (secondary N) is 1. The number of benzene rings is 2. The smallest absolute Gasteiger partial charge is 0.245 e. The molecule has 1 saturated heterocycles. The molecule has 2 aromatic carbocycles. The van der Waals surface area contributed by atoms with Gasteiger partial charge >= 0.3 is 0 Å². The zero-order chi connectivity index (χ0) is 22.3. The van der Waals surface area contributed by atoms with Gasteiger partial charge in [0.05, 0.1) is 5.41 Å². The molecule has 5 nitrogen and oxygen atoms in total. The van der Waals surface area contributed by atoms with Gasteiger partial charge in [-0.25, -0.2) is 0 Å². The number of likely N-dealkylation sites (N-methyl/N-ethyl adjacent to an activating group) is 1. The molecule has 164 valence electrons. The number of carbonyl (C=O) groups is 2. The molecule has 2 amide bonds. The van der Waals surface area contributed by atoms with Gasteiger partial charge in [0.2, 0.25) is 11.8 Å². The van der Waals surface area contributed by atoms with Crippen LogP contribution in [-0.4, -0.2) is 49.4 Å². The van der Waals surface area contributed by atoms with E-state index >= 15 is 0 Å². The van der Waals surface area contributed by atoms with E-state index in [9.17, 15) is 9.59 Å². The third kappa shape index (κ3) is 4.98. The summed E-state index contributed by atoms with van der Waals surface area (Å²) in [5, 5.41) is 3.20. The fourth-order valence-corrected chi connectivity index (χ4v) is 4.48. The molecule has 0 bridgehead atoms. The molecule has 0 aliphatic carbocycles. The summed E-state index contributed by atoms with van der Waals surface area (Å²) < 4.78 is 0. The van der Waals surface area contributed by atoms with E-state index in [1.54, 1.807) is 4.90 Å². The van der Waals surface area contributed by atoms with Gasteiger partial charge in [0.1, 0.15) is 0 Å². The first kappa shape index (κ1) is 22.6. The van der Waals surface area contributed by atoms with E-state index in [0.29, 0.717) is 32.5 Å². The molecule has 0 radical (unpaired) electrons. The number of anilines is 1. The van der Waals surface area contributed by atoms with Crippen LogP contribution in [0.2, 0.25) is 0 Å². The van der Waals surface area contributed by atoms with Gasteiger partial charge in [-0.15, -0.1) is 0 Å². The third-order valence-corrected chi connectivity index (χ3v) is 6.37. The highest BCUT2D eigenvalue weighted by Gasteiger charge is 2.43. The minimum atomic E-state index is -0.612. The van der Waals surface area contributed by atoms with Gasteiger partial charge in [-0.05, 0) is 50.0 Å². The molecule has 1 aliphatic heterocycles. The average Bonchev–Trinajstić information content (AvgIpc) is 2.82. The molecule has 31 heavy (non-hydrogen) atoms. The standard InChI is InChI=1S/C26H33N3O2/c1-4-24(30)29-18-15-26(16-19-29,22-12-7-6-8-13-22)25(31)27-17-20-28(5-2)23-14-10-9-11-21(23)3/h4,6-14H,1,5,15-20H2,2-3H3,(H,27,31). The number of carbonyl (C=O) groups excluding carboxylic acids is 2. The Balaban J connectivity index is 1.70. The van der Waals surface area contributed by atoms with Crippen LogP contribution in [0.4, 0.5) is 5.69 Å². The maximum absolute atomic E-state index is 13.5. The summed E-state index contributed by atoms with van der Waals surface area (Å²) in [5.41, 5.74) is 2.84. The highest BCUT2D eigenvalue weighted by molar-refractivity contribution is 5.90. The average molecular weight is 420 g/mol. The summed E-state index contributed by atoms with van der Waals surface area (Å²) in [4.78, 5) is 29.6. The second kappa shape index (κ2) is 10.3. The molecule has 0 unspecified atom stereocenters. The lowest BCUT2D eigenvalue weighted by Crippen LogP contribution is -2.53. The fourth-order valence-electron chi connectivity index (χ4n) is 4.48. The Kier molecular flexibility index (Phi) is 7.50. The van der Waals surface area contributed by atoms with Crippen molar-refractivity contribution in [2.75, 3.05) is 37.6 Å². The number of nitrogens with zero attached hydrogens (tertiary/aromatic N) is 2. The van der Waals surface area contributed by atoms with Crippen LogP contribution in [0.5, 0.6) is 0 Å². The van der Waals surface area contributed by atoms with Gasteiger partial charge in [-0.3, -0.25) is 9.59 Å². The molecule has 3 rings (SSSR count). The predicted molar refractivity (Wildman–Crippen MR) is 126 cm³/mol. The summed E-state index contributed by atoms with van der Waals surface area (Å²) in [6.07, 6.45) is 2.57. The number of piperidine rings is 1. The zero-order valence-electron chi connectivity index (χ0n) is 18.6. The quantitative estimate of drug-likeness (QED) is 0.664. The van der Waals surface area contributed by atoms with Crippen molar-refractivity contribution >= 4 is 17.5 Å². The number of amides is 2. The largest absolute Gasteiger partial charge is 0.370 e. The van der Waals surface area contributed by atoms with E-state index in [1.165, 1.54) is 17.3 Å². The molecule has 1 N–H and O–H groups in total. The summed E-state index contributed by atoms with van der Waals surface area (Å²) in [5.74, 6) is -0.0240. The van der Waals surface area contributed by atoms with Gasteiger partial charge in [-0.1, -0.05) is 55.1 Å². The maximum Gasteiger partial charge on any atom is 0.245 e. The Hall–Kier alpha value is -3.08. The molecule has 5 heteroatoms. The maximum atomic E-state index is 13.5. The highest BCUT2D eigenvalue weighted by atomic mass is 16.2. The van der Waals surface area contributed by atoms with Crippen molar-refractivity contribution in [3.05, 3.63) is 78.4 Å². The number of hydrogen-bond acceptors (Lipinski definition) is 3. The Bertz CT molecular complexity index is 902. The molecule has 0 atom stereocenters. The van der Waals surface area contributed by atoms with Crippen molar-refractivity contribution in [3.63, 3.8) is 0 Å². The van der Waals surface area contributed by atoms with Crippen molar-refractivity contribution in [1.82, 2.24) is 10.2 Å². The molecule has 1 heterocycles. The van der Waals surface area contributed by atoms with E-state index in [1.807, 2.05) is 42.5 Å².